The molecule has 1 aliphatic rings. The van der Waals surface area contributed by atoms with Crippen LogP contribution in [0.3, 0.4) is 0 Å². The standard InChI is InChI=1S/C25H29N3O3/c1-4-6-7-8-11-19-18(3)31-23-22(19)26-24(20-12-9-10-13-21(20)30-5-2)27-25(23)28-14-16-29-17-15-28/h6-13H,4-5,14-17H2,1-3H3. The Morgan fingerprint density at radius 1 is 1.10 bits per heavy atom. The Labute approximate surface area is 183 Å². The molecular weight excluding hydrogens is 390 g/mol. The van der Waals surface area contributed by atoms with Crippen LogP contribution in [0.4, 0.5) is 5.82 Å². The number of para-hydroxylation sites is 1. The second-order valence-corrected chi connectivity index (χ2v) is 7.34. The van der Waals surface area contributed by atoms with Gasteiger partial charge in [0, 0.05) is 18.7 Å². The second kappa shape index (κ2) is 9.79. The van der Waals surface area contributed by atoms with Crippen LogP contribution in [0.5, 0.6) is 5.75 Å². The van der Waals surface area contributed by atoms with Crippen LogP contribution in [0.15, 0.2) is 46.9 Å². The first kappa shape index (κ1) is 21.1. The molecule has 0 atom stereocenters. The van der Waals surface area contributed by atoms with Gasteiger partial charge in [0.2, 0.25) is 0 Å². The molecule has 0 radical (unpaired) electrons. The van der Waals surface area contributed by atoms with E-state index in [0.29, 0.717) is 25.6 Å². The Morgan fingerprint density at radius 3 is 2.68 bits per heavy atom. The quantitative estimate of drug-likeness (QED) is 0.477. The smallest absolute Gasteiger partial charge is 0.195 e. The minimum Gasteiger partial charge on any atom is -0.493 e. The lowest BCUT2D eigenvalue weighted by Crippen LogP contribution is -2.37. The average molecular weight is 420 g/mol. The maximum atomic E-state index is 6.19. The van der Waals surface area contributed by atoms with Gasteiger partial charge in [0.15, 0.2) is 17.2 Å². The molecule has 6 nitrogen and oxygen atoms in total. The van der Waals surface area contributed by atoms with E-state index in [1.807, 2.05) is 50.3 Å². The summed E-state index contributed by atoms with van der Waals surface area (Å²) >= 11 is 0. The van der Waals surface area contributed by atoms with Crippen LogP contribution in [0.1, 0.15) is 31.6 Å². The lowest BCUT2D eigenvalue weighted by Gasteiger charge is -2.28. The predicted octanol–water partition coefficient (Wildman–Crippen LogP) is 5.41. The van der Waals surface area contributed by atoms with E-state index < -0.39 is 0 Å². The van der Waals surface area contributed by atoms with Crippen molar-refractivity contribution in [2.45, 2.75) is 27.2 Å². The van der Waals surface area contributed by atoms with Gasteiger partial charge < -0.3 is 18.8 Å². The van der Waals surface area contributed by atoms with E-state index in [1.54, 1.807) is 0 Å². The van der Waals surface area contributed by atoms with Crippen LogP contribution < -0.4 is 9.64 Å². The molecule has 1 fully saturated rings. The van der Waals surface area contributed by atoms with Crippen molar-refractivity contribution in [1.82, 2.24) is 9.97 Å². The maximum Gasteiger partial charge on any atom is 0.195 e. The summed E-state index contributed by atoms with van der Waals surface area (Å²) in [4.78, 5) is 12.1. The van der Waals surface area contributed by atoms with E-state index >= 15 is 0 Å². The topological polar surface area (TPSA) is 60.6 Å². The van der Waals surface area contributed by atoms with Crippen molar-refractivity contribution >= 4 is 23.0 Å². The number of rotatable bonds is 7. The number of nitrogens with zero attached hydrogens (tertiary/aromatic N) is 3. The summed E-state index contributed by atoms with van der Waals surface area (Å²) < 4.78 is 17.6. The fourth-order valence-corrected chi connectivity index (χ4v) is 3.70. The van der Waals surface area contributed by atoms with Crippen molar-refractivity contribution < 1.29 is 13.9 Å². The molecule has 0 aliphatic carbocycles. The molecule has 0 bridgehead atoms. The summed E-state index contributed by atoms with van der Waals surface area (Å²) in [5.74, 6) is 3.05. The second-order valence-electron chi connectivity index (χ2n) is 7.34. The molecule has 1 saturated heterocycles. The Morgan fingerprint density at radius 2 is 1.90 bits per heavy atom. The van der Waals surface area contributed by atoms with Crippen molar-refractivity contribution in [3.63, 3.8) is 0 Å². The summed E-state index contributed by atoms with van der Waals surface area (Å²) in [7, 11) is 0. The summed E-state index contributed by atoms with van der Waals surface area (Å²) in [5.41, 5.74) is 3.39. The average Bonchev–Trinajstić information content (AvgIpc) is 3.12. The molecule has 1 aliphatic heterocycles. The molecule has 1 aromatic carbocycles. The molecule has 2 aromatic heterocycles. The number of hydrogen-bond acceptors (Lipinski definition) is 6. The molecule has 0 amide bonds. The highest BCUT2D eigenvalue weighted by Crippen LogP contribution is 2.36. The van der Waals surface area contributed by atoms with Crippen molar-refractivity contribution in [3.05, 3.63) is 53.8 Å². The van der Waals surface area contributed by atoms with E-state index in [9.17, 15) is 0 Å². The fraction of sp³-hybridized carbons (Fsp3) is 0.360. The lowest BCUT2D eigenvalue weighted by molar-refractivity contribution is 0.122. The van der Waals surface area contributed by atoms with Crippen LogP contribution in [-0.2, 0) is 4.74 Å². The molecular formula is C25H29N3O3. The zero-order valence-electron chi connectivity index (χ0n) is 18.4. The molecule has 0 saturated carbocycles. The van der Waals surface area contributed by atoms with Crippen molar-refractivity contribution in [1.29, 1.82) is 0 Å². The van der Waals surface area contributed by atoms with E-state index in [4.69, 9.17) is 23.9 Å². The summed E-state index contributed by atoms with van der Waals surface area (Å²) in [5, 5.41) is 0. The first-order valence-corrected chi connectivity index (χ1v) is 10.9. The largest absolute Gasteiger partial charge is 0.493 e. The van der Waals surface area contributed by atoms with Crippen molar-refractivity contribution in [2.75, 3.05) is 37.8 Å². The van der Waals surface area contributed by atoms with Gasteiger partial charge in [-0.3, -0.25) is 0 Å². The normalized spacial score (nSPS) is 14.9. The fourth-order valence-electron chi connectivity index (χ4n) is 3.70. The SMILES string of the molecule is CCC=CC=Cc1c(C)oc2c(N3CCOCC3)nc(-c3ccccc3OCC)nc12. The Hall–Kier alpha value is -3.12. The molecule has 0 unspecified atom stereocenters. The van der Waals surface area contributed by atoms with Gasteiger partial charge in [-0.1, -0.05) is 37.3 Å². The maximum absolute atomic E-state index is 6.19. The third-order valence-electron chi connectivity index (χ3n) is 5.22. The number of morpholine rings is 1. The highest BCUT2D eigenvalue weighted by molar-refractivity contribution is 5.93. The van der Waals surface area contributed by atoms with Gasteiger partial charge in [-0.15, -0.1) is 0 Å². The van der Waals surface area contributed by atoms with E-state index in [-0.39, 0.29) is 0 Å². The number of benzene rings is 1. The molecule has 4 rings (SSSR count). The predicted molar refractivity (Wildman–Crippen MR) is 125 cm³/mol. The first-order chi connectivity index (χ1) is 15.2. The number of allylic oxidation sites excluding steroid dienone is 3. The highest BCUT2D eigenvalue weighted by Gasteiger charge is 2.24. The van der Waals surface area contributed by atoms with Crippen LogP contribution in [-0.4, -0.2) is 42.9 Å². The van der Waals surface area contributed by atoms with E-state index in [0.717, 1.165) is 59.1 Å². The minimum absolute atomic E-state index is 0.581. The van der Waals surface area contributed by atoms with Crippen molar-refractivity contribution in [3.8, 4) is 17.1 Å². The van der Waals surface area contributed by atoms with Crippen LogP contribution in [0, 0.1) is 6.92 Å². The van der Waals surface area contributed by atoms with Crippen LogP contribution >= 0.6 is 0 Å². The Kier molecular flexibility index (Phi) is 6.67. The van der Waals surface area contributed by atoms with Gasteiger partial charge in [0.25, 0.3) is 0 Å². The zero-order chi connectivity index (χ0) is 21.6. The van der Waals surface area contributed by atoms with Gasteiger partial charge in [-0.25, -0.2) is 9.97 Å². The number of aryl methyl sites for hydroxylation is 1. The Balaban J connectivity index is 1.91. The lowest BCUT2D eigenvalue weighted by atomic mass is 10.1. The molecule has 3 aromatic rings. The molecule has 0 N–H and O–H groups in total. The molecule has 6 heteroatoms. The molecule has 31 heavy (non-hydrogen) atoms. The third kappa shape index (κ3) is 4.49. The van der Waals surface area contributed by atoms with Crippen LogP contribution in [0.2, 0.25) is 0 Å². The highest BCUT2D eigenvalue weighted by atomic mass is 16.5. The summed E-state index contributed by atoms with van der Waals surface area (Å²) in [6.07, 6.45) is 9.25. The summed E-state index contributed by atoms with van der Waals surface area (Å²) in [6.45, 7) is 9.53. The number of fused-ring (bicyclic) bond motifs is 1. The third-order valence-corrected chi connectivity index (χ3v) is 5.22. The van der Waals surface area contributed by atoms with Gasteiger partial charge in [-0.2, -0.15) is 0 Å². The number of anilines is 1. The number of furan rings is 1. The van der Waals surface area contributed by atoms with E-state index in [2.05, 4.69) is 24.0 Å². The number of hydrogen-bond donors (Lipinski definition) is 0. The summed E-state index contributed by atoms with van der Waals surface area (Å²) in [6, 6.07) is 7.91. The molecule has 0 spiro atoms. The monoisotopic (exact) mass is 419 g/mol. The van der Waals surface area contributed by atoms with Crippen molar-refractivity contribution in [2.24, 2.45) is 0 Å². The van der Waals surface area contributed by atoms with Gasteiger partial charge >= 0.3 is 0 Å². The van der Waals surface area contributed by atoms with Crippen LogP contribution in [0.25, 0.3) is 28.6 Å². The number of ether oxygens (including phenoxy) is 2. The molecule has 162 valence electrons. The van der Waals surface area contributed by atoms with Gasteiger partial charge in [0.05, 0.1) is 25.4 Å². The minimum atomic E-state index is 0.581. The number of aromatic nitrogens is 2. The molecule has 3 heterocycles. The van der Waals surface area contributed by atoms with E-state index in [1.165, 1.54) is 0 Å². The first-order valence-electron chi connectivity index (χ1n) is 10.9. The Bertz CT molecular complexity index is 1090. The van der Waals surface area contributed by atoms with Gasteiger partial charge in [-0.05, 0) is 38.5 Å². The van der Waals surface area contributed by atoms with Gasteiger partial charge in [0.1, 0.15) is 17.0 Å². The zero-order valence-corrected chi connectivity index (χ0v) is 18.4.